The summed E-state index contributed by atoms with van der Waals surface area (Å²) in [6.45, 7) is 0. The van der Waals surface area contributed by atoms with Crippen LogP contribution in [0.4, 0.5) is 13.2 Å². The van der Waals surface area contributed by atoms with Gasteiger partial charge < -0.3 is 5.11 Å². The number of hydrogen-bond donors (Lipinski definition) is 1. The summed E-state index contributed by atoms with van der Waals surface area (Å²) < 4.78 is 38.6. The number of halogens is 3. The van der Waals surface area contributed by atoms with Gasteiger partial charge in [-0.15, -0.1) is 0 Å². The smallest absolute Gasteiger partial charge is 0.314 e. The Hall–Kier alpha value is -1.52. The lowest BCUT2D eigenvalue weighted by atomic mass is 9.91. The Morgan fingerprint density at radius 2 is 2.00 bits per heavy atom. The fourth-order valence-corrected chi connectivity index (χ4v) is 1.90. The summed E-state index contributed by atoms with van der Waals surface area (Å²) in [5, 5.41) is 8.99. The predicted molar refractivity (Wildman–Crippen MR) is 49.9 cm³/mol. The maximum Gasteiger partial charge on any atom is 0.314 e. The molecule has 0 heterocycles. The molecule has 0 unspecified atom stereocenters. The third-order valence-electron chi connectivity index (χ3n) is 2.95. The SMILES string of the molecule is O=C(O)C1(c2cccc(F)c2C(F)F)CC1. The number of carboxylic acid groups (broad SMARTS) is 1. The Bertz CT molecular complexity index is 439. The second-order valence-electron chi connectivity index (χ2n) is 3.89. The Morgan fingerprint density at radius 1 is 1.38 bits per heavy atom. The fraction of sp³-hybridized carbons (Fsp3) is 0.364. The van der Waals surface area contributed by atoms with E-state index in [1.54, 1.807) is 0 Å². The normalized spacial score (nSPS) is 17.5. The average Bonchev–Trinajstić information content (AvgIpc) is 2.97. The first-order valence-corrected chi connectivity index (χ1v) is 4.79. The van der Waals surface area contributed by atoms with Crippen molar-refractivity contribution in [1.29, 1.82) is 0 Å². The van der Waals surface area contributed by atoms with E-state index in [2.05, 4.69) is 0 Å². The summed E-state index contributed by atoms with van der Waals surface area (Å²) in [6.07, 6.45) is -2.43. The van der Waals surface area contributed by atoms with Gasteiger partial charge in [0.15, 0.2) is 0 Å². The fourth-order valence-electron chi connectivity index (χ4n) is 1.90. The molecule has 1 aliphatic carbocycles. The molecule has 0 bridgehead atoms. The molecule has 0 spiro atoms. The molecule has 1 aliphatic rings. The molecule has 0 aromatic heterocycles. The summed E-state index contributed by atoms with van der Waals surface area (Å²) in [4.78, 5) is 11.0. The molecule has 1 saturated carbocycles. The Kier molecular flexibility index (Phi) is 2.40. The third-order valence-corrected chi connectivity index (χ3v) is 2.95. The van der Waals surface area contributed by atoms with Gasteiger partial charge in [0, 0.05) is 0 Å². The minimum absolute atomic E-state index is 0.0880. The lowest BCUT2D eigenvalue weighted by Gasteiger charge is -2.15. The van der Waals surface area contributed by atoms with Crippen LogP contribution < -0.4 is 0 Å². The van der Waals surface area contributed by atoms with Crippen molar-refractivity contribution < 1.29 is 23.1 Å². The minimum atomic E-state index is -2.99. The summed E-state index contributed by atoms with van der Waals surface area (Å²) in [7, 11) is 0. The summed E-state index contributed by atoms with van der Waals surface area (Å²) in [5.41, 5.74) is -2.16. The number of rotatable bonds is 3. The van der Waals surface area contributed by atoms with Crippen LogP contribution in [0.15, 0.2) is 18.2 Å². The van der Waals surface area contributed by atoms with Crippen molar-refractivity contribution >= 4 is 5.97 Å². The molecule has 86 valence electrons. The number of carbonyl (C=O) groups is 1. The van der Waals surface area contributed by atoms with Crippen LogP contribution in [0.5, 0.6) is 0 Å². The van der Waals surface area contributed by atoms with Crippen LogP contribution in [0, 0.1) is 5.82 Å². The first-order valence-electron chi connectivity index (χ1n) is 4.79. The molecule has 0 radical (unpaired) electrons. The van der Waals surface area contributed by atoms with Gasteiger partial charge in [0.2, 0.25) is 0 Å². The molecule has 1 N–H and O–H groups in total. The summed E-state index contributed by atoms with van der Waals surface area (Å²) in [6, 6.07) is 3.45. The largest absolute Gasteiger partial charge is 0.481 e. The monoisotopic (exact) mass is 230 g/mol. The van der Waals surface area contributed by atoms with Gasteiger partial charge in [-0.2, -0.15) is 0 Å². The molecule has 2 nitrogen and oxygen atoms in total. The maximum atomic E-state index is 13.2. The highest BCUT2D eigenvalue weighted by molar-refractivity contribution is 5.85. The lowest BCUT2D eigenvalue weighted by molar-refractivity contribution is -0.140. The van der Waals surface area contributed by atoms with Crippen LogP contribution >= 0.6 is 0 Å². The van der Waals surface area contributed by atoms with Crippen LogP contribution in [-0.2, 0) is 10.2 Å². The van der Waals surface area contributed by atoms with Crippen molar-refractivity contribution in [2.75, 3.05) is 0 Å². The van der Waals surface area contributed by atoms with Crippen LogP contribution in [0.2, 0.25) is 0 Å². The highest BCUT2D eigenvalue weighted by Crippen LogP contribution is 2.51. The van der Waals surface area contributed by atoms with Crippen LogP contribution in [-0.4, -0.2) is 11.1 Å². The van der Waals surface area contributed by atoms with Crippen molar-refractivity contribution in [3.05, 3.63) is 35.1 Å². The van der Waals surface area contributed by atoms with E-state index in [1.165, 1.54) is 12.1 Å². The Morgan fingerprint density at radius 3 is 2.44 bits per heavy atom. The number of carboxylic acids is 1. The number of alkyl halides is 2. The zero-order valence-corrected chi connectivity index (χ0v) is 8.21. The van der Waals surface area contributed by atoms with Crippen LogP contribution in [0.25, 0.3) is 0 Å². The molecule has 0 aliphatic heterocycles. The molecular formula is C11H9F3O2. The standard InChI is InChI=1S/C11H9F3O2/c12-7-3-1-2-6(8(7)9(13)14)11(4-5-11)10(15)16/h1-3,9H,4-5H2,(H,15,16). The molecule has 1 aromatic carbocycles. The number of benzene rings is 1. The van der Waals surface area contributed by atoms with Gasteiger partial charge in [-0.1, -0.05) is 12.1 Å². The Labute approximate surface area is 89.7 Å². The van der Waals surface area contributed by atoms with E-state index in [4.69, 9.17) is 5.11 Å². The van der Waals surface area contributed by atoms with Gasteiger partial charge >= 0.3 is 5.97 Å². The van der Waals surface area contributed by atoms with Crippen LogP contribution in [0.3, 0.4) is 0 Å². The third kappa shape index (κ3) is 1.47. The van der Waals surface area contributed by atoms with E-state index in [-0.39, 0.29) is 18.4 Å². The van der Waals surface area contributed by atoms with E-state index in [0.29, 0.717) is 0 Å². The highest BCUT2D eigenvalue weighted by Gasteiger charge is 2.53. The highest BCUT2D eigenvalue weighted by atomic mass is 19.3. The van der Waals surface area contributed by atoms with E-state index >= 15 is 0 Å². The number of hydrogen-bond acceptors (Lipinski definition) is 1. The van der Waals surface area contributed by atoms with Gasteiger partial charge in [0.1, 0.15) is 5.82 Å². The van der Waals surface area contributed by atoms with Crippen molar-refractivity contribution in [2.45, 2.75) is 24.7 Å². The molecule has 5 heteroatoms. The summed E-state index contributed by atoms with van der Waals surface area (Å²) in [5.74, 6) is -2.21. The Balaban J connectivity index is 2.57. The predicted octanol–water partition coefficient (Wildman–Crippen LogP) is 2.88. The van der Waals surface area contributed by atoms with Gasteiger partial charge in [0.05, 0.1) is 11.0 Å². The zero-order valence-electron chi connectivity index (χ0n) is 8.21. The molecule has 0 amide bonds. The van der Waals surface area contributed by atoms with Crippen molar-refractivity contribution in [3.8, 4) is 0 Å². The van der Waals surface area contributed by atoms with Crippen molar-refractivity contribution in [3.63, 3.8) is 0 Å². The van der Waals surface area contributed by atoms with Crippen molar-refractivity contribution in [2.24, 2.45) is 0 Å². The number of aliphatic carboxylic acids is 1. The van der Waals surface area contributed by atoms with Crippen LogP contribution in [0.1, 0.15) is 30.4 Å². The minimum Gasteiger partial charge on any atom is -0.481 e. The van der Waals surface area contributed by atoms with E-state index < -0.39 is 29.2 Å². The average molecular weight is 230 g/mol. The van der Waals surface area contributed by atoms with Gasteiger partial charge in [-0.3, -0.25) is 4.79 Å². The lowest BCUT2D eigenvalue weighted by Crippen LogP contribution is -2.22. The molecule has 2 rings (SSSR count). The van der Waals surface area contributed by atoms with Crippen molar-refractivity contribution in [1.82, 2.24) is 0 Å². The topological polar surface area (TPSA) is 37.3 Å². The van der Waals surface area contributed by atoms with E-state index in [0.717, 1.165) is 6.07 Å². The van der Waals surface area contributed by atoms with Gasteiger partial charge in [-0.05, 0) is 24.5 Å². The molecule has 0 saturated heterocycles. The molecule has 0 atom stereocenters. The molecular weight excluding hydrogens is 221 g/mol. The molecule has 1 aromatic rings. The maximum absolute atomic E-state index is 13.2. The molecule has 16 heavy (non-hydrogen) atoms. The molecule has 1 fully saturated rings. The quantitative estimate of drug-likeness (QED) is 0.866. The van der Waals surface area contributed by atoms with Gasteiger partial charge in [0.25, 0.3) is 6.43 Å². The van der Waals surface area contributed by atoms with Gasteiger partial charge in [-0.25, -0.2) is 13.2 Å². The first-order chi connectivity index (χ1) is 7.49. The van der Waals surface area contributed by atoms with E-state index in [1.807, 2.05) is 0 Å². The zero-order chi connectivity index (χ0) is 11.9. The van der Waals surface area contributed by atoms with E-state index in [9.17, 15) is 18.0 Å². The second-order valence-corrected chi connectivity index (χ2v) is 3.89. The summed E-state index contributed by atoms with van der Waals surface area (Å²) >= 11 is 0. The second kappa shape index (κ2) is 3.50. The first kappa shape index (κ1) is 11.0.